The van der Waals surface area contributed by atoms with Crippen LogP contribution in [-0.4, -0.2) is 11.8 Å². The van der Waals surface area contributed by atoms with Crippen LogP contribution in [0.1, 0.15) is 68.6 Å². The van der Waals surface area contributed by atoms with Crippen molar-refractivity contribution in [1.82, 2.24) is 0 Å². The molecule has 0 fully saturated rings. The lowest BCUT2D eigenvalue weighted by Gasteiger charge is -2.11. The molecule has 2 nitrogen and oxygen atoms in total. The number of halogens is 1. The van der Waals surface area contributed by atoms with E-state index in [0.717, 1.165) is 22.9 Å². The molecule has 0 bridgehead atoms. The first-order valence-electron chi connectivity index (χ1n) is 9.08. The lowest BCUT2D eigenvalue weighted by molar-refractivity contribution is 0.108. The number of fused-ring (bicyclic) bond motifs is 1. The van der Waals surface area contributed by atoms with Gasteiger partial charge in [-0.15, -0.1) is 0 Å². The van der Waals surface area contributed by atoms with Gasteiger partial charge < -0.3 is 4.74 Å². The largest absolute Gasteiger partial charge is 0.493 e. The first-order valence-corrected chi connectivity index (χ1v) is 9.46. The number of hydrogen-bond acceptors (Lipinski definition) is 2. The molecule has 130 valence electrons. The summed E-state index contributed by atoms with van der Waals surface area (Å²) in [6, 6.07) is 11.3. The fraction of sp³-hybridized carbons (Fsp3) is 0.476. The van der Waals surface area contributed by atoms with Crippen LogP contribution in [0.15, 0.2) is 36.4 Å². The number of benzene rings is 2. The molecular weight excluding hydrogens is 320 g/mol. The van der Waals surface area contributed by atoms with Gasteiger partial charge in [-0.2, -0.15) is 0 Å². The van der Waals surface area contributed by atoms with Crippen LogP contribution < -0.4 is 4.74 Å². The summed E-state index contributed by atoms with van der Waals surface area (Å²) in [5.74, 6) is 0.829. The maximum Gasteiger partial charge on any atom is 0.253 e. The SMILES string of the molecule is CCCCCCCCCCOc1ccc(C(=O)Cl)c2ccccc12. The van der Waals surface area contributed by atoms with E-state index in [1.807, 2.05) is 30.3 Å². The van der Waals surface area contributed by atoms with E-state index < -0.39 is 5.24 Å². The summed E-state index contributed by atoms with van der Waals surface area (Å²) < 4.78 is 5.94. The topological polar surface area (TPSA) is 26.3 Å². The van der Waals surface area contributed by atoms with Crippen molar-refractivity contribution in [2.75, 3.05) is 6.61 Å². The molecule has 0 radical (unpaired) electrons. The van der Waals surface area contributed by atoms with Crippen molar-refractivity contribution in [3.8, 4) is 5.75 Å². The minimum atomic E-state index is -0.430. The van der Waals surface area contributed by atoms with E-state index >= 15 is 0 Å². The Morgan fingerprint density at radius 2 is 1.50 bits per heavy atom. The molecule has 0 aromatic heterocycles. The summed E-state index contributed by atoms with van der Waals surface area (Å²) in [6.07, 6.45) is 10.3. The number of ether oxygens (including phenoxy) is 1. The molecule has 2 rings (SSSR count). The zero-order valence-electron chi connectivity index (χ0n) is 14.5. The van der Waals surface area contributed by atoms with Gasteiger partial charge in [0.1, 0.15) is 5.75 Å². The van der Waals surface area contributed by atoms with Crippen LogP contribution in [0, 0.1) is 0 Å². The summed E-state index contributed by atoms with van der Waals surface area (Å²) >= 11 is 5.66. The van der Waals surface area contributed by atoms with E-state index in [-0.39, 0.29) is 0 Å². The van der Waals surface area contributed by atoms with Gasteiger partial charge in [0.15, 0.2) is 0 Å². The average molecular weight is 347 g/mol. The molecule has 2 aromatic carbocycles. The van der Waals surface area contributed by atoms with Crippen LogP contribution in [0.25, 0.3) is 10.8 Å². The Morgan fingerprint density at radius 3 is 2.17 bits per heavy atom. The number of carbonyl (C=O) groups excluding carboxylic acids is 1. The lowest BCUT2D eigenvalue weighted by atomic mass is 10.0. The highest BCUT2D eigenvalue weighted by atomic mass is 35.5. The maximum atomic E-state index is 11.5. The third-order valence-corrected chi connectivity index (χ3v) is 4.55. The summed E-state index contributed by atoms with van der Waals surface area (Å²) in [5.41, 5.74) is 0.534. The van der Waals surface area contributed by atoms with Crippen LogP contribution in [0.2, 0.25) is 0 Å². The van der Waals surface area contributed by atoms with Gasteiger partial charge in [-0.1, -0.05) is 76.1 Å². The quantitative estimate of drug-likeness (QED) is 0.332. The molecule has 0 spiro atoms. The number of carbonyl (C=O) groups is 1. The second-order valence-corrected chi connectivity index (χ2v) is 6.60. The van der Waals surface area contributed by atoms with Crippen molar-refractivity contribution in [3.63, 3.8) is 0 Å². The molecule has 0 saturated heterocycles. The van der Waals surface area contributed by atoms with Gasteiger partial charge in [-0.3, -0.25) is 4.79 Å². The molecule has 0 aliphatic heterocycles. The first-order chi connectivity index (χ1) is 11.7. The molecular formula is C21H27ClO2. The highest BCUT2D eigenvalue weighted by Gasteiger charge is 2.10. The Labute approximate surface area is 150 Å². The molecule has 3 heteroatoms. The van der Waals surface area contributed by atoms with E-state index in [2.05, 4.69) is 6.92 Å². The monoisotopic (exact) mass is 346 g/mol. The van der Waals surface area contributed by atoms with E-state index in [4.69, 9.17) is 16.3 Å². The number of rotatable bonds is 11. The van der Waals surface area contributed by atoms with E-state index in [1.165, 1.54) is 44.9 Å². The Morgan fingerprint density at radius 1 is 0.875 bits per heavy atom. The average Bonchev–Trinajstić information content (AvgIpc) is 2.60. The summed E-state index contributed by atoms with van der Waals surface area (Å²) in [5, 5.41) is 1.37. The number of unbranched alkanes of at least 4 members (excludes halogenated alkanes) is 7. The van der Waals surface area contributed by atoms with Crippen molar-refractivity contribution in [2.24, 2.45) is 0 Å². The van der Waals surface area contributed by atoms with Crippen molar-refractivity contribution >= 4 is 27.6 Å². The summed E-state index contributed by atoms with van der Waals surface area (Å²) in [4.78, 5) is 11.5. The number of hydrogen-bond donors (Lipinski definition) is 0. The maximum absolute atomic E-state index is 11.5. The first kappa shape index (κ1) is 18.8. The van der Waals surface area contributed by atoms with Crippen LogP contribution in [0.5, 0.6) is 5.75 Å². The molecule has 0 unspecified atom stereocenters. The highest BCUT2D eigenvalue weighted by molar-refractivity contribution is 6.68. The standard InChI is InChI=1S/C21H27ClO2/c1-2-3-4-5-6-7-8-11-16-24-20-15-14-19(21(22)23)17-12-9-10-13-18(17)20/h9-10,12-15H,2-8,11,16H2,1H3. The molecule has 0 heterocycles. The fourth-order valence-corrected chi connectivity index (χ4v) is 3.15. The Kier molecular flexibility index (Phi) is 8.11. The Hall–Kier alpha value is -1.54. The van der Waals surface area contributed by atoms with E-state index in [9.17, 15) is 4.79 Å². The molecule has 0 saturated carbocycles. The van der Waals surface area contributed by atoms with Gasteiger partial charge in [0.2, 0.25) is 0 Å². The normalized spacial score (nSPS) is 10.9. The van der Waals surface area contributed by atoms with Gasteiger partial charge in [-0.25, -0.2) is 0 Å². The molecule has 0 atom stereocenters. The third kappa shape index (κ3) is 5.52. The Balaban J connectivity index is 1.81. The van der Waals surface area contributed by atoms with Crippen LogP contribution >= 0.6 is 11.6 Å². The Bertz CT molecular complexity index is 651. The second kappa shape index (κ2) is 10.4. The van der Waals surface area contributed by atoms with Crippen molar-refractivity contribution in [2.45, 2.75) is 58.3 Å². The van der Waals surface area contributed by atoms with Crippen molar-refractivity contribution < 1.29 is 9.53 Å². The summed E-state index contributed by atoms with van der Waals surface area (Å²) in [6.45, 7) is 2.96. The van der Waals surface area contributed by atoms with Gasteiger partial charge in [0, 0.05) is 10.9 Å². The summed E-state index contributed by atoms with van der Waals surface area (Å²) in [7, 11) is 0. The van der Waals surface area contributed by atoms with Gasteiger partial charge in [-0.05, 0) is 35.5 Å². The van der Waals surface area contributed by atoms with Gasteiger partial charge in [0.25, 0.3) is 5.24 Å². The van der Waals surface area contributed by atoms with Gasteiger partial charge >= 0.3 is 0 Å². The van der Waals surface area contributed by atoms with E-state index in [1.54, 1.807) is 6.07 Å². The van der Waals surface area contributed by atoms with Crippen molar-refractivity contribution in [3.05, 3.63) is 42.0 Å². The van der Waals surface area contributed by atoms with Crippen molar-refractivity contribution in [1.29, 1.82) is 0 Å². The second-order valence-electron chi connectivity index (χ2n) is 6.25. The molecule has 0 amide bonds. The lowest BCUT2D eigenvalue weighted by Crippen LogP contribution is -1.99. The molecule has 0 N–H and O–H groups in total. The van der Waals surface area contributed by atoms with Crippen LogP contribution in [0.4, 0.5) is 0 Å². The zero-order valence-corrected chi connectivity index (χ0v) is 15.3. The predicted octanol–water partition coefficient (Wildman–Crippen LogP) is 6.74. The predicted molar refractivity (Wildman–Crippen MR) is 102 cm³/mol. The molecule has 24 heavy (non-hydrogen) atoms. The third-order valence-electron chi connectivity index (χ3n) is 4.35. The molecule has 0 aliphatic carbocycles. The van der Waals surface area contributed by atoms with Gasteiger partial charge in [0.05, 0.1) is 6.61 Å². The van der Waals surface area contributed by atoms with E-state index in [0.29, 0.717) is 12.2 Å². The molecule has 2 aromatic rings. The minimum absolute atomic E-state index is 0.430. The molecule has 0 aliphatic rings. The van der Waals surface area contributed by atoms with Crippen LogP contribution in [0.3, 0.4) is 0 Å². The highest BCUT2D eigenvalue weighted by Crippen LogP contribution is 2.29. The smallest absolute Gasteiger partial charge is 0.253 e. The minimum Gasteiger partial charge on any atom is -0.493 e. The van der Waals surface area contributed by atoms with Crippen LogP contribution in [-0.2, 0) is 0 Å². The zero-order chi connectivity index (χ0) is 17.2. The fourth-order valence-electron chi connectivity index (χ4n) is 2.99.